The molecule has 34 heavy (non-hydrogen) atoms. The topological polar surface area (TPSA) is 88.2 Å². The van der Waals surface area contributed by atoms with Crippen LogP contribution in [0.15, 0.2) is 29.6 Å². The Morgan fingerprint density at radius 2 is 1.85 bits per heavy atom. The molecule has 2 aromatic rings. The van der Waals surface area contributed by atoms with Gasteiger partial charge in [-0.05, 0) is 38.0 Å². The van der Waals surface area contributed by atoms with E-state index in [1.54, 1.807) is 4.90 Å². The smallest absolute Gasteiger partial charge is 0.256 e. The van der Waals surface area contributed by atoms with E-state index in [9.17, 15) is 14.4 Å². The zero-order chi connectivity index (χ0) is 23.8. The number of nitrogens with one attached hydrogen (secondary N) is 1. The Hall–Kier alpha value is -2.75. The first kappa shape index (κ1) is 23.0. The van der Waals surface area contributed by atoms with Gasteiger partial charge in [0.15, 0.2) is 0 Å². The number of hydrogen-bond donors (Lipinski definition) is 1. The first-order valence-corrected chi connectivity index (χ1v) is 12.6. The highest BCUT2D eigenvalue weighted by atomic mass is 32.1. The molecule has 2 saturated heterocycles. The van der Waals surface area contributed by atoms with Crippen LogP contribution in [0, 0.1) is 0 Å². The predicted octanol–water partition coefficient (Wildman–Crippen LogP) is 2.70. The summed E-state index contributed by atoms with van der Waals surface area (Å²) in [6.45, 7) is 7.53. The second-order valence-corrected chi connectivity index (χ2v) is 10.3. The Labute approximate surface area is 202 Å². The fraction of sp³-hybridized carbons (Fsp3) is 0.480. The van der Waals surface area contributed by atoms with Crippen LogP contribution in [0.2, 0.25) is 0 Å². The summed E-state index contributed by atoms with van der Waals surface area (Å²) in [5.74, 6) is -0.0448. The van der Waals surface area contributed by atoms with Crippen molar-refractivity contribution in [3.63, 3.8) is 0 Å². The number of benzene rings is 1. The number of nitrogens with zero attached hydrogens (tertiary/aromatic N) is 2. The summed E-state index contributed by atoms with van der Waals surface area (Å²) in [5.41, 5.74) is 2.79. The molecule has 2 unspecified atom stereocenters. The van der Waals surface area contributed by atoms with Gasteiger partial charge in [-0.1, -0.05) is 12.1 Å². The molecule has 1 aromatic heterocycles. The molecule has 2 fully saturated rings. The number of carbonyl (C=O) groups is 3. The predicted molar refractivity (Wildman–Crippen MR) is 126 cm³/mol. The molecule has 4 heterocycles. The lowest BCUT2D eigenvalue weighted by Crippen LogP contribution is -2.52. The first-order valence-electron chi connectivity index (χ1n) is 11.7. The lowest BCUT2D eigenvalue weighted by atomic mass is 10.0. The summed E-state index contributed by atoms with van der Waals surface area (Å²) < 4.78 is 11.7. The van der Waals surface area contributed by atoms with Gasteiger partial charge in [0.1, 0.15) is 18.4 Å². The molecule has 180 valence electrons. The Kier molecular flexibility index (Phi) is 6.42. The summed E-state index contributed by atoms with van der Waals surface area (Å²) in [6, 6.07) is 8.35. The number of morpholine rings is 1. The third-order valence-electron chi connectivity index (χ3n) is 6.90. The molecule has 0 saturated carbocycles. The quantitative estimate of drug-likeness (QED) is 0.636. The second kappa shape index (κ2) is 9.48. The lowest BCUT2D eigenvalue weighted by molar-refractivity contribution is -0.136. The second-order valence-electron chi connectivity index (χ2n) is 9.29. The van der Waals surface area contributed by atoms with E-state index in [1.807, 2.05) is 17.5 Å². The van der Waals surface area contributed by atoms with Crippen LogP contribution in [0.4, 0.5) is 0 Å². The standard InChI is InChI=1S/C25H29N3O5S/c1-15-11-32-12-16(2)27(15)9-17-3-5-18(6-4-17)33-13-22-19-10-28(25(31)20(19)14-34-22)21-7-8-23(29)26-24(21)30/h3-6,14-16,21H,7-13H2,1-2H3,(H,26,29,30)/t15?,16?,21-/m0/s1. The number of imide groups is 1. The van der Waals surface area contributed by atoms with Gasteiger partial charge in [0.25, 0.3) is 5.91 Å². The molecule has 9 heteroatoms. The summed E-state index contributed by atoms with van der Waals surface area (Å²) in [5, 5.41) is 4.18. The van der Waals surface area contributed by atoms with Crippen LogP contribution in [0.5, 0.6) is 5.75 Å². The van der Waals surface area contributed by atoms with Crippen LogP contribution in [-0.2, 0) is 34.0 Å². The molecule has 0 bridgehead atoms. The van der Waals surface area contributed by atoms with Gasteiger partial charge in [-0.2, -0.15) is 0 Å². The van der Waals surface area contributed by atoms with Gasteiger partial charge in [-0.3, -0.25) is 24.6 Å². The van der Waals surface area contributed by atoms with E-state index in [-0.39, 0.29) is 18.2 Å². The highest BCUT2D eigenvalue weighted by molar-refractivity contribution is 7.10. The van der Waals surface area contributed by atoms with E-state index in [4.69, 9.17) is 9.47 Å². The molecule has 1 N–H and O–H groups in total. The van der Waals surface area contributed by atoms with Gasteiger partial charge < -0.3 is 14.4 Å². The number of thiophene rings is 1. The van der Waals surface area contributed by atoms with Gasteiger partial charge in [0.2, 0.25) is 11.8 Å². The fourth-order valence-corrected chi connectivity index (χ4v) is 5.87. The molecule has 0 aliphatic carbocycles. The molecule has 8 nitrogen and oxygen atoms in total. The molecule has 5 rings (SSSR count). The van der Waals surface area contributed by atoms with Crippen molar-refractivity contribution < 1.29 is 23.9 Å². The van der Waals surface area contributed by atoms with Gasteiger partial charge in [0.05, 0.1) is 18.8 Å². The van der Waals surface area contributed by atoms with E-state index >= 15 is 0 Å². The third-order valence-corrected chi connectivity index (χ3v) is 7.90. The Morgan fingerprint density at radius 3 is 2.56 bits per heavy atom. The maximum absolute atomic E-state index is 12.9. The van der Waals surface area contributed by atoms with Gasteiger partial charge >= 0.3 is 0 Å². The molecule has 1 aromatic carbocycles. The molecule has 0 radical (unpaired) electrons. The SMILES string of the molecule is CC1COCC(C)N1Cc1ccc(OCc2scc3c2CN([C@H]2CCC(=O)NC2=O)C3=O)cc1. The fourth-order valence-electron chi connectivity index (χ4n) is 4.92. The zero-order valence-corrected chi connectivity index (χ0v) is 20.2. The molecule has 3 aliphatic heterocycles. The first-order chi connectivity index (χ1) is 16.4. The summed E-state index contributed by atoms with van der Waals surface area (Å²) in [6.07, 6.45) is 0.618. The Bertz CT molecular complexity index is 1090. The van der Waals surface area contributed by atoms with E-state index in [0.717, 1.165) is 35.9 Å². The third kappa shape index (κ3) is 4.47. The highest BCUT2D eigenvalue weighted by Crippen LogP contribution is 2.34. The number of ether oxygens (including phenoxy) is 2. The van der Waals surface area contributed by atoms with Crippen molar-refractivity contribution >= 4 is 29.1 Å². The largest absolute Gasteiger partial charge is 0.488 e. The molecule has 3 atom stereocenters. The van der Waals surface area contributed by atoms with Gasteiger partial charge in [0, 0.05) is 47.4 Å². The minimum absolute atomic E-state index is 0.150. The normalized spacial score (nSPS) is 25.4. The monoisotopic (exact) mass is 483 g/mol. The number of fused-ring (bicyclic) bond motifs is 1. The molecular formula is C25H29N3O5S. The minimum atomic E-state index is -0.596. The van der Waals surface area contributed by atoms with Crippen molar-refractivity contribution in [1.29, 1.82) is 0 Å². The number of carbonyl (C=O) groups excluding carboxylic acids is 3. The van der Waals surface area contributed by atoms with E-state index in [2.05, 4.69) is 36.2 Å². The number of piperidine rings is 1. The van der Waals surface area contributed by atoms with Crippen molar-refractivity contribution in [3.8, 4) is 5.75 Å². The van der Waals surface area contributed by atoms with Crippen LogP contribution < -0.4 is 10.1 Å². The Morgan fingerprint density at radius 1 is 1.12 bits per heavy atom. The zero-order valence-electron chi connectivity index (χ0n) is 19.4. The van der Waals surface area contributed by atoms with Crippen LogP contribution >= 0.6 is 11.3 Å². The van der Waals surface area contributed by atoms with Gasteiger partial charge in [-0.25, -0.2) is 0 Å². The van der Waals surface area contributed by atoms with E-state index in [0.29, 0.717) is 37.2 Å². The molecular weight excluding hydrogens is 454 g/mol. The van der Waals surface area contributed by atoms with Crippen molar-refractivity contribution in [2.24, 2.45) is 0 Å². The Balaban J connectivity index is 1.20. The minimum Gasteiger partial charge on any atom is -0.488 e. The van der Waals surface area contributed by atoms with E-state index in [1.165, 1.54) is 16.9 Å². The number of amides is 3. The van der Waals surface area contributed by atoms with Crippen molar-refractivity contribution in [1.82, 2.24) is 15.1 Å². The highest BCUT2D eigenvalue weighted by Gasteiger charge is 2.40. The summed E-state index contributed by atoms with van der Waals surface area (Å²) in [4.78, 5) is 41.6. The average molecular weight is 484 g/mol. The van der Waals surface area contributed by atoms with Crippen LogP contribution in [-0.4, -0.2) is 58.9 Å². The number of hydrogen-bond acceptors (Lipinski definition) is 7. The van der Waals surface area contributed by atoms with Gasteiger partial charge in [-0.15, -0.1) is 11.3 Å². The lowest BCUT2D eigenvalue weighted by Gasteiger charge is -2.38. The van der Waals surface area contributed by atoms with Crippen LogP contribution in [0.1, 0.15) is 53.1 Å². The van der Waals surface area contributed by atoms with Crippen molar-refractivity contribution in [3.05, 3.63) is 51.2 Å². The number of rotatable bonds is 6. The van der Waals surface area contributed by atoms with E-state index < -0.39 is 11.9 Å². The summed E-state index contributed by atoms with van der Waals surface area (Å²) >= 11 is 1.51. The molecule has 0 spiro atoms. The summed E-state index contributed by atoms with van der Waals surface area (Å²) in [7, 11) is 0. The van der Waals surface area contributed by atoms with Crippen molar-refractivity contribution in [2.75, 3.05) is 13.2 Å². The maximum atomic E-state index is 12.9. The molecule has 3 amide bonds. The molecule has 3 aliphatic rings. The van der Waals surface area contributed by atoms with Crippen LogP contribution in [0.3, 0.4) is 0 Å². The van der Waals surface area contributed by atoms with Crippen LogP contribution in [0.25, 0.3) is 0 Å². The maximum Gasteiger partial charge on any atom is 0.256 e. The van der Waals surface area contributed by atoms with Crippen molar-refractivity contribution in [2.45, 2.75) is 64.5 Å². The average Bonchev–Trinajstić information content (AvgIpc) is 3.36.